The quantitative estimate of drug-likeness (QED) is 0.168. The number of rotatable bonds is 3. The molecule has 4 aromatic heterocycles. The summed E-state index contributed by atoms with van der Waals surface area (Å²) in [6, 6.07) is 63.2. The van der Waals surface area contributed by atoms with E-state index in [2.05, 4.69) is 178 Å². The molecule has 0 N–H and O–H groups in total. The maximum absolute atomic E-state index is 8.07. The number of fused-ring (bicyclic) bond motifs is 15. The van der Waals surface area contributed by atoms with E-state index < -0.39 is 5.41 Å². The van der Waals surface area contributed by atoms with E-state index in [1.165, 1.54) is 42.8 Å². The van der Waals surface area contributed by atoms with Crippen molar-refractivity contribution in [2.45, 2.75) is 15.2 Å². The van der Waals surface area contributed by atoms with E-state index in [0.717, 1.165) is 66.7 Å². The van der Waals surface area contributed by atoms with Crippen LogP contribution in [0.1, 0.15) is 22.3 Å². The van der Waals surface area contributed by atoms with E-state index in [9.17, 15) is 0 Å². The first kappa shape index (κ1) is 33.3. The summed E-state index contributed by atoms with van der Waals surface area (Å²) in [6.07, 6.45) is 3.76. The molecule has 6 heteroatoms. The van der Waals surface area contributed by atoms with Crippen molar-refractivity contribution in [3.63, 3.8) is 0 Å². The van der Waals surface area contributed by atoms with Crippen molar-refractivity contribution in [1.29, 1.82) is 0 Å². The number of hydrogen-bond donors (Lipinski definition) is 0. The van der Waals surface area contributed by atoms with Gasteiger partial charge in [-0.3, -0.25) is 9.97 Å². The number of benzene rings is 7. The molecule has 13 rings (SSSR count). The largest absolute Gasteiger partial charge is 0.308 e. The summed E-state index contributed by atoms with van der Waals surface area (Å²) in [5.74, 6) is 0. The van der Waals surface area contributed by atoms with E-state index in [0.29, 0.717) is 5.69 Å². The van der Waals surface area contributed by atoms with Gasteiger partial charge in [0, 0.05) is 43.7 Å². The predicted molar refractivity (Wildman–Crippen MR) is 244 cm³/mol. The van der Waals surface area contributed by atoms with Crippen LogP contribution in [0.25, 0.3) is 82.3 Å². The summed E-state index contributed by atoms with van der Waals surface area (Å²) in [5.41, 5.74) is 15.5. The molecule has 11 aromatic rings. The Morgan fingerprint density at radius 3 is 1.65 bits per heavy atom. The summed E-state index contributed by atoms with van der Waals surface area (Å²) < 4.78 is 4.70. The number of pyridine rings is 2. The van der Waals surface area contributed by atoms with Gasteiger partial charge in [-0.1, -0.05) is 115 Å². The minimum absolute atomic E-state index is 0.558. The Bertz CT molecular complexity index is 3580. The standard InChI is InChI=1S/C54H31N5S/c1-55-35-24-26-48(58-44-18-6-2-12-36(44)37-13-3-7-19-45(37)58)49(32-35)59-46-20-8-4-14-38(46)39-30-33(22-25-47(39)59)34-23-27-51-43(31-34)54(40-15-5-9-21-50(40)60-51)41-16-10-28-56-52(41)53-42(54)17-11-29-57-53/h2-32H. The van der Waals surface area contributed by atoms with Crippen molar-refractivity contribution in [1.82, 2.24) is 19.1 Å². The zero-order chi connectivity index (χ0) is 39.5. The summed E-state index contributed by atoms with van der Waals surface area (Å²) in [5, 5.41) is 4.71. The first-order valence-corrected chi connectivity index (χ1v) is 20.9. The summed E-state index contributed by atoms with van der Waals surface area (Å²) >= 11 is 1.84. The van der Waals surface area contributed by atoms with Crippen molar-refractivity contribution < 1.29 is 0 Å². The van der Waals surface area contributed by atoms with E-state index in [-0.39, 0.29) is 0 Å². The highest BCUT2D eigenvalue weighted by molar-refractivity contribution is 7.99. The molecule has 0 saturated carbocycles. The topological polar surface area (TPSA) is 40.0 Å². The monoisotopic (exact) mass is 781 g/mol. The van der Waals surface area contributed by atoms with Gasteiger partial charge in [-0.2, -0.15) is 0 Å². The molecule has 0 unspecified atom stereocenters. The molecule has 1 aliphatic carbocycles. The van der Waals surface area contributed by atoms with Crippen LogP contribution in [0.4, 0.5) is 5.69 Å². The third-order valence-electron chi connectivity index (χ3n) is 12.7. The number of nitrogens with zero attached hydrogens (tertiary/aromatic N) is 5. The van der Waals surface area contributed by atoms with E-state index in [1.807, 2.05) is 36.3 Å². The zero-order valence-electron chi connectivity index (χ0n) is 32.0. The molecule has 0 radical (unpaired) electrons. The van der Waals surface area contributed by atoms with Crippen LogP contribution in [-0.4, -0.2) is 19.1 Å². The fraction of sp³-hybridized carbons (Fsp3) is 0.0185. The average Bonchev–Trinajstić information content (AvgIpc) is 3.93. The molecule has 0 fully saturated rings. The second kappa shape index (κ2) is 12.4. The van der Waals surface area contributed by atoms with Gasteiger partial charge in [0.2, 0.25) is 0 Å². The number of hydrogen-bond acceptors (Lipinski definition) is 3. The van der Waals surface area contributed by atoms with Gasteiger partial charge >= 0.3 is 0 Å². The smallest absolute Gasteiger partial charge is 0.189 e. The molecule has 60 heavy (non-hydrogen) atoms. The van der Waals surface area contributed by atoms with Crippen molar-refractivity contribution in [2.75, 3.05) is 0 Å². The molecule has 5 nitrogen and oxygen atoms in total. The van der Waals surface area contributed by atoms with Crippen LogP contribution in [0.15, 0.2) is 198 Å². The SMILES string of the molecule is [C-]#[N+]c1ccc(-n2c3ccccc3c3ccccc32)c(-n2c3ccccc3c3cc(-c4ccc5c(c4)C4(c6ccccc6S5)c5cccnc5-c5ncccc54)ccc32)c1. The molecule has 0 saturated heterocycles. The molecule has 0 amide bonds. The summed E-state index contributed by atoms with van der Waals surface area (Å²) in [4.78, 5) is 16.3. The second-order valence-corrected chi connectivity index (χ2v) is 16.7. The van der Waals surface area contributed by atoms with Crippen molar-refractivity contribution >= 4 is 61.1 Å². The van der Waals surface area contributed by atoms with Crippen LogP contribution in [-0.2, 0) is 5.41 Å². The lowest BCUT2D eigenvalue weighted by molar-refractivity contribution is 0.720. The Balaban J connectivity index is 1.05. The Labute approximate surface area is 349 Å². The molecule has 0 atom stereocenters. The number of para-hydroxylation sites is 3. The fourth-order valence-corrected chi connectivity index (χ4v) is 11.5. The average molecular weight is 782 g/mol. The lowest BCUT2D eigenvalue weighted by atomic mass is 9.67. The lowest BCUT2D eigenvalue weighted by Crippen LogP contribution is -2.32. The number of aromatic nitrogens is 4. The molecule has 5 heterocycles. The molecule has 278 valence electrons. The maximum atomic E-state index is 8.07. The van der Waals surface area contributed by atoms with Crippen LogP contribution in [0, 0.1) is 6.57 Å². The highest BCUT2D eigenvalue weighted by atomic mass is 32.2. The predicted octanol–water partition coefficient (Wildman–Crippen LogP) is 13.7. The van der Waals surface area contributed by atoms with Crippen LogP contribution in [0.3, 0.4) is 0 Å². The molecule has 1 aliphatic heterocycles. The lowest BCUT2D eigenvalue weighted by Gasteiger charge is -2.39. The second-order valence-electron chi connectivity index (χ2n) is 15.6. The van der Waals surface area contributed by atoms with E-state index in [1.54, 1.807) is 0 Å². The van der Waals surface area contributed by atoms with Crippen LogP contribution >= 0.6 is 11.8 Å². The highest BCUT2D eigenvalue weighted by Gasteiger charge is 2.51. The normalized spacial score (nSPS) is 13.4. The van der Waals surface area contributed by atoms with Gasteiger partial charge in [0.15, 0.2) is 5.69 Å². The van der Waals surface area contributed by atoms with Crippen molar-refractivity contribution in [3.05, 3.63) is 222 Å². The zero-order valence-corrected chi connectivity index (χ0v) is 32.9. The molecule has 2 aliphatic rings. The van der Waals surface area contributed by atoms with E-state index in [4.69, 9.17) is 16.5 Å². The fourth-order valence-electron chi connectivity index (χ4n) is 10.3. The summed E-state index contributed by atoms with van der Waals surface area (Å²) in [6.45, 7) is 8.07. The van der Waals surface area contributed by atoms with Gasteiger partial charge in [0.1, 0.15) is 0 Å². The summed E-state index contributed by atoms with van der Waals surface area (Å²) in [7, 11) is 0. The first-order valence-electron chi connectivity index (χ1n) is 20.1. The maximum Gasteiger partial charge on any atom is 0.189 e. The van der Waals surface area contributed by atoms with Gasteiger partial charge in [0.25, 0.3) is 0 Å². The van der Waals surface area contributed by atoms with Crippen LogP contribution in [0.2, 0.25) is 0 Å². The van der Waals surface area contributed by atoms with Crippen molar-refractivity contribution in [3.8, 4) is 33.9 Å². The van der Waals surface area contributed by atoms with Gasteiger partial charge in [0.05, 0.1) is 56.8 Å². The van der Waals surface area contributed by atoms with E-state index >= 15 is 0 Å². The van der Waals surface area contributed by atoms with Crippen LogP contribution < -0.4 is 0 Å². The third-order valence-corrected chi connectivity index (χ3v) is 13.9. The molecule has 1 spiro atoms. The van der Waals surface area contributed by atoms with Gasteiger partial charge in [-0.25, -0.2) is 4.85 Å². The Kier molecular flexibility index (Phi) is 6.87. The Morgan fingerprint density at radius 1 is 0.433 bits per heavy atom. The molecular formula is C54H31N5S. The molecule has 0 bridgehead atoms. The Hall–Kier alpha value is -7.72. The Morgan fingerprint density at radius 2 is 0.967 bits per heavy atom. The first-order chi connectivity index (χ1) is 29.7. The molecular weight excluding hydrogens is 751 g/mol. The minimum Gasteiger partial charge on any atom is -0.308 e. The van der Waals surface area contributed by atoms with Crippen LogP contribution in [0.5, 0.6) is 0 Å². The third kappa shape index (κ3) is 4.36. The van der Waals surface area contributed by atoms with Gasteiger partial charge in [-0.15, -0.1) is 0 Å². The van der Waals surface area contributed by atoms with Gasteiger partial charge in [-0.05, 0) is 106 Å². The molecule has 7 aromatic carbocycles. The van der Waals surface area contributed by atoms with Gasteiger partial charge < -0.3 is 9.13 Å². The minimum atomic E-state index is -0.558. The van der Waals surface area contributed by atoms with Crippen molar-refractivity contribution in [2.24, 2.45) is 0 Å². The highest BCUT2D eigenvalue weighted by Crippen LogP contribution is 2.61.